The predicted octanol–water partition coefficient (Wildman–Crippen LogP) is 7.03. The summed E-state index contributed by atoms with van der Waals surface area (Å²) in [5.41, 5.74) is 5.29. The van der Waals surface area contributed by atoms with Gasteiger partial charge in [0.2, 0.25) is 0 Å². The Bertz CT molecular complexity index is 1390. The van der Waals surface area contributed by atoms with E-state index in [0.29, 0.717) is 29.5 Å². The molecule has 0 unspecified atom stereocenters. The van der Waals surface area contributed by atoms with Gasteiger partial charge in [0.1, 0.15) is 11.4 Å². The zero-order valence-electron chi connectivity index (χ0n) is 25.2. The number of aromatic nitrogens is 1. The van der Waals surface area contributed by atoms with Crippen molar-refractivity contribution in [2.45, 2.75) is 59.9 Å². The molecule has 8 heteroatoms. The SMILES string of the molecule is CCC(C)(C)[C@H](CC(=O)O)NC(=O)c1ccc(-c2ccc(C)cc2C)c(-c2ccc(Cl)c(OCCCN(C)C)c2)n1. The predicted molar refractivity (Wildman–Crippen MR) is 166 cm³/mol. The largest absolute Gasteiger partial charge is 0.492 e. The molecule has 0 aliphatic heterocycles. The van der Waals surface area contributed by atoms with E-state index in [1.807, 2.05) is 60.0 Å². The first-order valence-electron chi connectivity index (χ1n) is 14.0. The topological polar surface area (TPSA) is 91.8 Å². The quantitative estimate of drug-likeness (QED) is 0.211. The number of aliphatic carboxylic acids is 1. The molecule has 220 valence electrons. The fourth-order valence-electron chi connectivity index (χ4n) is 4.64. The standard InChI is InChI=1S/C33H42ClN3O4/c1-8-33(4,5)29(20-30(38)39)36-32(40)27-15-13-25(24-12-10-21(2)18-22(24)3)31(35-27)23-11-14-26(34)28(19-23)41-17-9-16-37(6)7/h10-15,18-19,29H,8-9,16-17,20H2,1-7H3,(H,36,40)(H,38,39)/t29-/m0/s1. The maximum absolute atomic E-state index is 13.5. The smallest absolute Gasteiger partial charge is 0.305 e. The van der Waals surface area contributed by atoms with Crippen LogP contribution in [0.3, 0.4) is 0 Å². The van der Waals surface area contributed by atoms with Crippen LogP contribution in [0.5, 0.6) is 5.75 Å². The number of benzene rings is 2. The monoisotopic (exact) mass is 579 g/mol. The van der Waals surface area contributed by atoms with Gasteiger partial charge in [-0.1, -0.05) is 62.2 Å². The Hall–Kier alpha value is -3.42. The minimum atomic E-state index is -0.963. The third-order valence-electron chi connectivity index (χ3n) is 7.55. The van der Waals surface area contributed by atoms with Crippen LogP contribution in [0.4, 0.5) is 0 Å². The van der Waals surface area contributed by atoms with Gasteiger partial charge in [0.15, 0.2) is 0 Å². The van der Waals surface area contributed by atoms with Gasteiger partial charge >= 0.3 is 5.97 Å². The third-order valence-corrected chi connectivity index (χ3v) is 7.86. The average molecular weight is 580 g/mol. The van der Waals surface area contributed by atoms with E-state index in [1.54, 1.807) is 12.1 Å². The van der Waals surface area contributed by atoms with Gasteiger partial charge in [0.05, 0.1) is 23.7 Å². The molecule has 0 fully saturated rings. The van der Waals surface area contributed by atoms with Gasteiger partial charge in [0.25, 0.3) is 5.91 Å². The van der Waals surface area contributed by atoms with Crippen LogP contribution in [-0.2, 0) is 4.79 Å². The van der Waals surface area contributed by atoms with Gasteiger partial charge in [0, 0.05) is 23.7 Å². The van der Waals surface area contributed by atoms with Crippen LogP contribution in [-0.4, -0.2) is 60.2 Å². The molecule has 0 saturated heterocycles. The number of nitrogens with one attached hydrogen (secondary N) is 1. The summed E-state index contributed by atoms with van der Waals surface area (Å²) in [4.78, 5) is 32.0. The van der Waals surface area contributed by atoms with Crippen molar-refractivity contribution in [2.24, 2.45) is 5.41 Å². The third kappa shape index (κ3) is 8.54. The first-order valence-corrected chi connectivity index (χ1v) is 14.4. The summed E-state index contributed by atoms with van der Waals surface area (Å²) < 4.78 is 6.03. The molecule has 2 aromatic carbocycles. The Balaban J connectivity index is 2.07. The molecule has 3 rings (SSSR count). The van der Waals surface area contributed by atoms with Crippen LogP contribution >= 0.6 is 11.6 Å². The summed E-state index contributed by atoms with van der Waals surface area (Å²) in [6.45, 7) is 11.4. The van der Waals surface area contributed by atoms with E-state index >= 15 is 0 Å². The second kappa shape index (κ2) is 14.0. The number of amides is 1. The van der Waals surface area contributed by atoms with Crippen molar-refractivity contribution in [3.8, 4) is 28.1 Å². The highest BCUT2D eigenvalue weighted by Crippen LogP contribution is 2.37. The number of pyridine rings is 1. The van der Waals surface area contributed by atoms with Crippen molar-refractivity contribution in [3.05, 3.63) is 70.4 Å². The van der Waals surface area contributed by atoms with Crippen molar-refractivity contribution < 1.29 is 19.4 Å². The molecule has 1 amide bonds. The van der Waals surface area contributed by atoms with E-state index in [9.17, 15) is 14.7 Å². The minimum Gasteiger partial charge on any atom is -0.492 e. The molecular formula is C33H42ClN3O4. The summed E-state index contributed by atoms with van der Waals surface area (Å²) in [5.74, 6) is -0.826. The van der Waals surface area contributed by atoms with Crippen LogP contribution in [0, 0.1) is 19.3 Å². The number of nitrogens with zero attached hydrogens (tertiary/aromatic N) is 2. The highest BCUT2D eigenvalue weighted by atomic mass is 35.5. The van der Waals surface area contributed by atoms with E-state index in [4.69, 9.17) is 21.3 Å². The number of hydrogen-bond donors (Lipinski definition) is 2. The highest BCUT2D eigenvalue weighted by molar-refractivity contribution is 6.32. The molecule has 0 radical (unpaired) electrons. The van der Waals surface area contributed by atoms with Crippen molar-refractivity contribution in [1.29, 1.82) is 0 Å². The molecule has 1 atom stereocenters. The number of carboxylic acid groups (broad SMARTS) is 1. The number of carbonyl (C=O) groups is 2. The molecule has 0 saturated carbocycles. The summed E-state index contributed by atoms with van der Waals surface area (Å²) in [5, 5.41) is 12.9. The molecule has 1 heterocycles. The molecule has 2 N–H and O–H groups in total. The highest BCUT2D eigenvalue weighted by Gasteiger charge is 2.32. The first-order chi connectivity index (χ1) is 19.3. The molecule has 0 bridgehead atoms. The molecule has 0 aliphatic rings. The molecule has 3 aromatic rings. The van der Waals surface area contributed by atoms with Crippen LogP contribution < -0.4 is 10.1 Å². The van der Waals surface area contributed by atoms with Crippen LogP contribution in [0.2, 0.25) is 5.02 Å². The van der Waals surface area contributed by atoms with Gasteiger partial charge in [-0.3, -0.25) is 9.59 Å². The van der Waals surface area contributed by atoms with Gasteiger partial charge in [-0.05, 0) is 81.6 Å². The number of hydrogen-bond acceptors (Lipinski definition) is 5. The lowest BCUT2D eigenvalue weighted by atomic mass is 9.80. The molecule has 7 nitrogen and oxygen atoms in total. The fourth-order valence-corrected chi connectivity index (χ4v) is 4.81. The number of rotatable bonds is 13. The molecular weight excluding hydrogens is 538 g/mol. The molecule has 1 aromatic heterocycles. The van der Waals surface area contributed by atoms with E-state index in [2.05, 4.69) is 35.3 Å². The lowest BCUT2D eigenvalue weighted by Crippen LogP contribution is -2.46. The molecule has 41 heavy (non-hydrogen) atoms. The summed E-state index contributed by atoms with van der Waals surface area (Å²) >= 11 is 6.49. The number of ether oxygens (including phenoxy) is 1. The zero-order valence-corrected chi connectivity index (χ0v) is 25.9. The van der Waals surface area contributed by atoms with Gasteiger partial charge in [-0.2, -0.15) is 0 Å². The number of aryl methyl sites for hydroxylation is 2. The Kier molecular flexibility index (Phi) is 10.9. The van der Waals surface area contributed by atoms with Gasteiger partial charge in [-0.15, -0.1) is 0 Å². The number of carboxylic acids is 1. The van der Waals surface area contributed by atoms with Gasteiger partial charge in [-0.25, -0.2) is 4.98 Å². The van der Waals surface area contributed by atoms with E-state index < -0.39 is 23.3 Å². The van der Waals surface area contributed by atoms with Crippen LogP contribution in [0.25, 0.3) is 22.4 Å². The summed E-state index contributed by atoms with van der Waals surface area (Å²) in [7, 11) is 4.04. The van der Waals surface area contributed by atoms with Crippen molar-refractivity contribution in [1.82, 2.24) is 15.2 Å². The van der Waals surface area contributed by atoms with Crippen LogP contribution in [0.1, 0.15) is 61.6 Å². The number of carbonyl (C=O) groups excluding carboxylic acids is 1. The molecule has 0 aliphatic carbocycles. The second-order valence-electron chi connectivity index (χ2n) is 11.5. The summed E-state index contributed by atoms with van der Waals surface area (Å²) in [6.07, 6.45) is 1.38. The summed E-state index contributed by atoms with van der Waals surface area (Å²) in [6, 6.07) is 14.8. The van der Waals surface area contributed by atoms with Crippen molar-refractivity contribution >= 4 is 23.5 Å². The van der Waals surface area contributed by atoms with E-state index in [-0.39, 0.29) is 12.1 Å². The first kappa shape index (κ1) is 32.1. The Labute approximate surface area is 248 Å². The Morgan fingerprint density at radius 1 is 1.07 bits per heavy atom. The van der Waals surface area contributed by atoms with Crippen molar-refractivity contribution in [3.63, 3.8) is 0 Å². The maximum Gasteiger partial charge on any atom is 0.305 e. The maximum atomic E-state index is 13.5. The fraction of sp³-hybridized carbons (Fsp3) is 0.424. The lowest BCUT2D eigenvalue weighted by Gasteiger charge is -2.33. The van der Waals surface area contributed by atoms with E-state index in [1.165, 1.54) is 0 Å². The Morgan fingerprint density at radius 3 is 2.41 bits per heavy atom. The average Bonchev–Trinajstić information content (AvgIpc) is 2.91. The lowest BCUT2D eigenvalue weighted by molar-refractivity contribution is -0.138. The zero-order chi connectivity index (χ0) is 30.3. The second-order valence-corrected chi connectivity index (χ2v) is 11.9. The van der Waals surface area contributed by atoms with Crippen LogP contribution in [0.15, 0.2) is 48.5 Å². The Morgan fingerprint density at radius 2 is 1.78 bits per heavy atom. The van der Waals surface area contributed by atoms with Crippen molar-refractivity contribution in [2.75, 3.05) is 27.2 Å². The van der Waals surface area contributed by atoms with Gasteiger partial charge < -0.3 is 20.1 Å². The molecule has 0 spiro atoms. The normalized spacial score (nSPS) is 12.3. The number of halogens is 1. The van der Waals surface area contributed by atoms with E-state index in [0.717, 1.165) is 40.8 Å². The minimum absolute atomic E-state index is 0.175.